The molecule has 1 heterocycles. The molecule has 146 valence electrons. The van der Waals surface area contributed by atoms with Crippen molar-refractivity contribution in [1.82, 2.24) is 4.98 Å². The number of thiazole rings is 1. The highest BCUT2D eigenvalue weighted by Gasteiger charge is 2.30. The van der Waals surface area contributed by atoms with Crippen molar-refractivity contribution in [3.05, 3.63) is 77.8 Å². The number of nitrogens with zero attached hydrogens (tertiary/aromatic N) is 1. The van der Waals surface area contributed by atoms with E-state index in [1.807, 2.05) is 60.7 Å². The lowest BCUT2D eigenvalue weighted by molar-refractivity contribution is -0.128. The molecule has 0 aliphatic carbocycles. The van der Waals surface area contributed by atoms with Gasteiger partial charge in [0.15, 0.2) is 5.60 Å². The quantitative estimate of drug-likeness (QED) is 0.404. The molecule has 0 bridgehead atoms. The van der Waals surface area contributed by atoms with Crippen LogP contribution in [-0.2, 0) is 4.79 Å². The van der Waals surface area contributed by atoms with Crippen molar-refractivity contribution >= 4 is 44.7 Å². The van der Waals surface area contributed by atoms with Gasteiger partial charge in [-0.2, -0.15) is 0 Å². The first-order valence-electron chi connectivity index (χ1n) is 9.13. The van der Waals surface area contributed by atoms with Crippen molar-refractivity contribution in [3.8, 4) is 16.3 Å². The molecule has 29 heavy (non-hydrogen) atoms. The molecule has 6 heteroatoms. The summed E-state index contributed by atoms with van der Waals surface area (Å²) in [7, 11) is 0. The Bertz CT molecular complexity index is 1140. The van der Waals surface area contributed by atoms with E-state index in [9.17, 15) is 4.79 Å². The Kier molecular flexibility index (Phi) is 5.26. The zero-order valence-corrected chi connectivity index (χ0v) is 17.6. The molecule has 3 aromatic carbocycles. The number of para-hydroxylation sites is 2. The number of nitrogens with one attached hydrogen (secondary N) is 1. The minimum Gasteiger partial charge on any atom is -0.478 e. The number of aromatic nitrogens is 1. The Labute approximate surface area is 178 Å². The van der Waals surface area contributed by atoms with Crippen molar-refractivity contribution in [2.45, 2.75) is 19.4 Å². The van der Waals surface area contributed by atoms with Crippen molar-refractivity contribution in [1.29, 1.82) is 0 Å². The Hall–Kier alpha value is -2.89. The van der Waals surface area contributed by atoms with Gasteiger partial charge in [0, 0.05) is 11.3 Å². The number of hydrogen-bond donors (Lipinski definition) is 1. The lowest BCUT2D eigenvalue weighted by Crippen LogP contribution is -2.42. The Balaban J connectivity index is 1.58. The van der Waals surface area contributed by atoms with E-state index in [1.54, 1.807) is 37.3 Å². The number of hydrogen-bond acceptors (Lipinski definition) is 4. The molecule has 0 saturated heterocycles. The molecule has 0 aliphatic heterocycles. The second-order valence-electron chi connectivity index (χ2n) is 7.06. The molecule has 1 amide bonds. The van der Waals surface area contributed by atoms with Gasteiger partial charge >= 0.3 is 0 Å². The van der Waals surface area contributed by atoms with E-state index in [2.05, 4.69) is 10.3 Å². The van der Waals surface area contributed by atoms with Crippen LogP contribution >= 0.6 is 22.9 Å². The highest BCUT2D eigenvalue weighted by Crippen LogP contribution is 2.36. The Morgan fingerprint density at radius 3 is 2.52 bits per heavy atom. The lowest BCUT2D eigenvalue weighted by Gasteiger charge is -2.25. The maximum atomic E-state index is 12.8. The molecule has 4 rings (SSSR count). The highest BCUT2D eigenvalue weighted by molar-refractivity contribution is 7.21. The van der Waals surface area contributed by atoms with E-state index < -0.39 is 5.60 Å². The van der Waals surface area contributed by atoms with Crippen molar-refractivity contribution in [2.75, 3.05) is 5.32 Å². The molecule has 0 fully saturated rings. The molecule has 0 radical (unpaired) electrons. The first-order chi connectivity index (χ1) is 13.9. The molecule has 0 unspecified atom stereocenters. The third-order valence-corrected chi connectivity index (χ3v) is 5.81. The van der Waals surface area contributed by atoms with Crippen LogP contribution in [0, 0.1) is 0 Å². The Morgan fingerprint density at radius 1 is 1.03 bits per heavy atom. The van der Waals surface area contributed by atoms with Crippen LogP contribution in [0.5, 0.6) is 5.75 Å². The zero-order chi connectivity index (χ0) is 20.4. The van der Waals surface area contributed by atoms with Crippen LogP contribution in [0.3, 0.4) is 0 Å². The molecule has 0 saturated carbocycles. The van der Waals surface area contributed by atoms with Crippen molar-refractivity contribution in [3.63, 3.8) is 0 Å². The largest absolute Gasteiger partial charge is 0.478 e. The van der Waals surface area contributed by atoms with Gasteiger partial charge in [-0.15, -0.1) is 11.3 Å². The second kappa shape index (κ2) is 7.85. The zero-order valence-electron chi connectivity index (χ0n) is 16.0. The molecule has 0 atom stereocenters. The summed E-state index contributed by atoms with van der Waals surface area (Å²) in [5, 5.41) is 4.33. The Morgan fingerprint density at radius 2 is 1.76 bits per heavy atom. The van der Waals surface area contributed by atoms with E-state index >= 15 is 0 Å². The van der Waals surface area contributed by atoms with Gasteiger partial charge in [-0.05, 0) is 56.3 Å². The van der Waals surface area contributed by atoms with Gasteiger partial charge in [-0.25, -0.2) is 4.98 Å². The number of fused-ring (bicyclic) bond motifs is 1. The van der Waals surface area contributed by atoms with Gasteiger partial charge in [-0.1, -0.05) is 41.9 Å². The van der Waals surface area contributed by atoms with E-state index in [1.165, 1.54) is 0 Å². The number of anilines is 1. The fourth-order valence-corrected chi connectivity index (χ4v) is 4.12. The van der Waals surface area contributed by atoms with Crippen LogP contribution in [-0.4, -0.2) is 16.5 Å². The number of halogens is 1. The molecule has 0 spiro atoms. The number of ether oxygens (including phenoxy) is 1. The SMILES string of the molecule is CC(C)(Oc1ccccc1)C(=O)Nc1ccc(Cl)c(-c2nc3ccccc3s2)c1. The minimum atomic E-state index is -1.04. The van der Waals surface area contributed by atoms with Crippen LogP contribution < -0.4 is 10.1 Å². The summed E-state index contributed by atoms with van der Waals surface area (Å²) < 4.78 is 6.95. The standard InChI is InChI=1S/C23H19ClN2O2S/c1-23(2,28-16-8-4-3-5-9-16)22(27)25-15-12-13-18(24)17(14-15)21-26-19-10-6-7-11-20(19)29-21/h3-14H,1-2H3,(H,25,27). The van der Waals surface area contributed by atoms with Gasteiger partial charge < -0.3 is 10.1 Å². The summed E-state index contributed by atoms with van der Waals surface area (Å²) >= 11 is 7.99. The third-order valence-electron chi connectivity index (χ3n) is 4.41. The molecule has 4 aromatic rings. The fraction of sp³-hybridized carbons (Fsp3) is 0.130. The molecule has 1 N–H and O–H groups in total. The summed E-state index contributed by atoms with van der Waals surface area (Å²) in [6.07, 6.45) is 0. The number of benzene rings is 3. The van der Waals surface area contributed by atoms with Crippen LogP contribution in [0.1, 0.15) is 13.8 Å². The highest BCUT2D eigenvalue weighted by atomic mass is 35.5. The number of carbonyl (C=O) groups is 1. The van der Waals surface area contributed by atoms with Crippen LogP contribution in [0.4, 0.5) is 5.69 Å². The monoisotopic (exact) mass is 422 g/mol. The van der Waals surface area contributed by atoms with E-state index in [0.717, 1.165) is 20.8 Å². The van der Waals surface area contributed by atoms with E-state index in [0.29, 0.717) is 16.5 Å². The average Bonchev–Trinajstić information content (AvgIpc) is 3.14. The summed E-state index contributed by atoms with van der Waals surface area (Å²) in [6.45, 7) is 3.47. The molecular weight excluding hydrogens is 404 g/mol. The van der Waals surface area contributed by atoms with Crippen LogP contribution in [0.2, 0.25) is 5.02 Å². The van der Waals surface area contributed by atoms with E-state index in [-0.39, 0.29) is 5.91 Å². The van der Waals surface area contributed by atoms with Crippen molar-refractivity contribution < 1.29 is 9.53 Å². The van der Waals surface area contributed by atoms with Crippen LogP contribution in [0.15, 0.2) is 72.8 Å². The van der Waals surface area contributed by atoms with Crippen LogP contribution in [0.25, 0.3) is 20.8 Å². The normalized spacial score (nSPS) is 11.4. The number of carbonyl (C=O) groups excluding carboxylic acids is 1. The van der Waals surface area contributed by atoms with Gasteiger partial charge in [-0.3, -0.25) is 4.79 Å². The van der Waals surface area contributed by atoms with Gasteiger partial charge in [0.05, 0.1) is 15.2 Å². The summed E-state index contributed by atoms with van der Waals surface area (Å²) in [5.74, 6) is 0.387. The summed E-state index contributed by atoms with van der Waals surface area (Å²) in [5.41, 5.74) is 1.30. The first kappa shape index (κ1) is 19.4. The number of amides is 1. The molecule has 4 nitrogen and oxygen atoms in total. The summed E-state index contributed by atoms with van der Waals surface area (Å²) in [6, 6.07) is 22.6. The molecule has 0 aliphatic rings. The minimum absolute atomic E-state index is 0.251. The van der Waals surface area contributed by atoms with Gasteiger partial charge in [0.1, 0.15) is 10.8 Å². The third kappa shape index (κ3) is 4.26. The maximum absolute atomic E-state index is 12.8. The summed E-state index contributed by atoms with van der Waals surface area (Å²) in [4.78, 5) is 17.5. The lowest BCUT2D eigenvalue weighted by atomic mass is 10.1. The van der Waals surface area contributed by atoms with Crippen molar-refractivity contribution in [2.24, 2.45) is 0 Å². The molecular formula is C23H19ClN2O2S. The van der Waals surface area contributed by atoms with Gasteiger partial charge in [0.25, 0.3) is 5.91 Å². The average molecular weight is 423 g/mol. The predicted octanol–water partition coefficient (Wildman–Crippen LogP) is 6.41. The second-order valence-corrected chi connectivity index (χ2v) is 8.50. The number of rotatable bonds is 5. The first-order valence-corrected chi connectivity index (χ1v) is 10.3. The topological polar surface area (TPSA) is 51.2 Å². The molecule has 1 aromatic heterocycles. The fourth-order valence-electron chi connectivity index (χ4n) is 2.87. The van der Waals surface area contributed by atoms with Gasteiger partial charge in [0.2, 0.25) is 0 Å². The maximum Gasteiger partial charge on any atom is 0.267 e. The van der Waals surface area contributed by atoms with E-state index in [4.69, 9.17) is 16.3 Å². The smallest absolute Gasteiger partial charge is 0.267 e. The predicted molar refractivity (Wildman–Crippen MR) is 120 cm³/mol.